The summed E-state index contributed by atoms with van der Waals surface area (Å²) in [6, 6.07) is 11.8. The Balaban J connectivity index is 1.95. The molecular formula is C18H19Cl2N3O2. The van der Waals surface area contributed by atoms with E-state index in [1.54, 1.807) is 42.5 Å². The fourth-order valence-corrected chi connectivity index (χ4v) is 2.65. The van der Waals surface area contributed by atoms with E-state index in [2.05, 4.69) is 16.0 Å². The average Bonchev–Trinajstić information content (AvgIpc) is 2.52. The third-order valence-electron chi connectivity index (χ3n) is 3.14. The van der Waals surface area contributed by atoms with E-state index in [0.717, 1.165) is 0 Å². The van der Waals surface area contributed by atoms with Gasteiger partial charge in [-0.05, 0) is 50.2 Å². The number of benzene rings is 2. The summed E-state index contributed by atoms with van der Waals surface area (Å²) in [5, 5.41) is 9.47. The van der Waals surface area contributed by atoms with E-state index < -0.39 is 0 Å². The molecule has 5 nitrogen and oxygen atoms in total. The van der Waals surface area contributed by atoms with Crippen molar-refractivity contribution in [2.45, 2.75) is 19.9 Å². The molecular weight excluding hydrogens is 361 g/mol. The molecule has 7 heteroatoms. The highest BCUT2D eigenvalue weighted by Crippen LogP contribution is 2.22. The van der Waals surface area contributed by atoms with Gasteiger partial charge >= 0.3 is 0 Å². The highest BCUT2D eigenvalue weighted by molar-refractivity contribution is 6.35. The zero-order chi connectivity index (χ0) is 18.4. The Labute approximate surface area is 156 Å². The first-order chi connectivity index (χ1) is 11.8. The van der Waals surface area contributed by atoms with Crippen LogP contribution < -0.4 is 16.0 Å². The van der Waals surface area contributed by atoms with Crippen molar-refractivity contribution in [3.8, 4) is 0 Å². The first kappa shape index (κ1) is 19.1. The van der Waals surface area contributed by atoms with E-state index in [9.17, 15) is 9.59 Å². The number of hydrogen-bond donors (Lipinski definition) is 3. The Morgan fingerprint density at radius 3 is 2.32 bits per heavy atom. The van der Waals surface area contributed by atoms with Gasteiger partial charge in [0.2, 0.25) is 5.91 Å². The van der Waals surface area contributed by atoms with E-state index >= 15 is 0 Å². The fourth-order valence-electron chi connectivity index (χ4n) is 2.13. The SMILES string of the molecule is CC(C)NC(=O)c1cccc(NC(=O)CNc2cc(Cl)cc(Cl)c2)c1. The largest absolute Gasteiger partial charge is 0.376 e. The minimum Gasteiger partial charge on any atom is -0.376 e. The zero-order valence-electron chi connectivity index (χ0n) is 13.9. The summed E-state index contributed by atoms with van der Waals surface area (Å²) in [6.07, 6.45) is 0. The smallest absolute Gasteiger partial charge is 0.251 e. The number of hydrogen-bond acceptors (Lipinski definition) is 3. The van der Waals surface area contributed by atoms with Gasteiger partial charge in [-0.1, -0.05) is 29.3 Å². The van der Waals surface area contributed by atoms with Crippen molar-refractivity contribution in [2.24, 2.45) is 0 Å². The molecule has 0 aliphatic rings. The minimum atomic E-state index is -0.252. The number of amides is 2. The van der Waals surface area contributed by atoms with Crippen LogP contribution in [0.25, 0.3) is 0 Å². The Morgan fingerprint density at radius 2 is 1.68 bits per heavy atom. The van der Waals surface area contributed by atoms with Crippen LogP contribution in [-0.2, 0) is 4.79 Å². The normalized spacial score (nSPS) is 10.4. The van der Waals surface area contributed by atoms with Crippen molar-refractivity contribution in [2.75, 3.05) is 17.2 Å². The molecule has 0 aromatic heterocycles. The second-order valence-corrected chi connectivity index (χ2v) is 6.64. The van der Waals surface area contributed by atoms with Crippen molar-refractivity contribution in [3.63, 3.8) is 0 Å². The fraction of sp³-hybridized carbons (Fsp3) is 0.222. The van der Waals surface area contributed by atoms with Crippen molar-refractivity contribution >= 4 is 46.4 Å². The molecule has 0 radical (unpaired) electrons. The maximum atomic E-state index is 12.1. The zero-order valence-corrected chi connectivity index (χ0v) is 15.4. The molecule has 0 bridgehead atoms. The van der Waals surface area contributed by atoms with Gasteiger partial charge in [-0.3, -0.25) is 9.59 Å². The maximum absolute atomic E-state index is 12.1. The quantitative estimate of drug-likeness (QED) is 0.704. The molecule has 132 valence electrons. The number of carbonyl (C=O) groups excluding carboxylic acids is 2. The molecule has 2 aromatic carbocycles. The van der Waals surface area contributed by atoms with Gasteiger partial charge in [0.1, 0.15) is 0 Å². The monoisotopic (exact) mass is 379 g/mol. The van der Waals surface area contributed by atoms with Crippen molar-refractivity contribution in [1.29, 1.82) is 0 Å². The van der Waals surface area contributed by atoms with Crippen LogP contribution in [0.15, 0.2) is 42.5 Å². The van der Waals surface area contributed by atoms with Crippen LogP contribution in [0.3, 0.4) is 0 Å². The van der Waals surface area contributed by atoms with Crippen LogP contribution in [-0.4, -0.2) is 24.4 Å². The molecule has 0 aliphatic carbocycles. The number of rotatable bonds is 6. The summed E-state index contributed by atoms with van der Waals surface area (Å²) in [7, 11) is 0. The first-order valence-corrected chi connectivity index (χ1v) is 8.50. The molecule has 0 aliphatic heterocycles. The lowest BCUT2D eigenvalue weighted by Crippen LogP contribution is -2.30. The molecule has 25 heavy (non-hydrogen) atoms. The topological polar surface area (TPSA) is 70.2 Å². The van der Waals surface area contributed by atoms with E-state index in [0.29, 0.717) is 27.0 Å². The minimum absolute atomic E-state index is 0.0408. The second-order valence-electron chi connectivity index (χ2n) is 5.77. The molecule has 0 fully saturated rings. The van der Waals surface area contributed by atoms with Crippen molar-refractivity contribution < 1.29 is 9.59 Å². The van der Waals surface area contributed by atoms with Gasteiger partial charge in [-0.15, -0.1) is 0 Å². The number of halogens is 2. The van der Waals surface area contributed by atoms with Gasteiger partial charge in [0.15, 0.2) is 0 Å². The lowest BCUT2D eigenvalue weighted by Gasteiger charge is -2.11. The number of anilines is 2. The highest BCUT2D eigenvalue weighted by atomic mass is 35.5. The van der Waals surface area contributed by atoms with Crippen LogP contribution in [0.4, 0.5) is 11.4 Å². The van der Waals surface area contributed by atoms with Gasteiger partial charge in [-0.2, -0.15) is 0 Å². The van der Waals surface area contributed by atoms with Crippen molar-refractivity contribution in [1.82, 2.24) is 5.32 Å². The molecule has 2 rings (SSSR count). The Bertz CT molecular complexity index is 758. The summed E-state index contributed by atoms with van der Waals surface area (Å²) in [5.74, 6) is -0.435. The molecule has 0 saturated carbocycles. The lowest BCUT2D eigenvalue weighted by atomic mass is 10.1. The van der Waals surface area contributed by atoms with Crippen LogP contribution in [0.5, 0.6) is 0 Å². The first-order valence-electron chi connectivity index (χ1n) is 7.74. The lowest BCUT2D eigenvalue weighted by molar-refractivity contribution is -0.114. The predicted molar refractivity (Wildman–Crippen MR) is 103 cm³/mol. The Morgan fingerprint density at radius 1 is 1.00 bits per heavy atom. The summed E-state index contributed by atoms with van der Waals surface area (Å²) < 4.78 is 0. The molecule has 0 unspecified atom stereocenters. The number of nitrogens with one attached hydrogen (secondary N) is 3. The molecule has 2 aromatic rings. The molecule has 0 heterocycles. The summed E-state index contributed by atoms with van der Waals surface area (Å²) in [6.45, 7) is 3.81. The molecule has 3 N–H and O–H groups in total. The Kier molecular flexibility index (Phi) is 6.67. The van der Waals surface area contributed by atoms with Crippen LogP contribution >= 0.6 is 23.2 Å². The average molecular weight is 380 g/mol. The van der Waals surface area contributed by atoms with E-state index in [4.69, 9.17) is 23.2 Å². The van der Waals surface area contributed by atoms with Gasteiger partial charge < -0.3 is 16.0 Å². The highest BCUT2D eigenvalue weighted by Gasteiger charge is 2.09. The van der Waals surface area contributed by atoms with Crippen LogP contribution in [0.2, 0.25) is 10.0 Å². The second kappa shape index (κ2) is 8.74. The van der Waals surface area contributed by atoms with Crippen LogP contribution in [0.1, 0.15) is 24.2 Å². The standard InChI is InChI=1S/C18H19Cl2N3O2/c1-11(2)22-18(25)12-4-3-5-15(6-12)23-17(24)10-21-16-8-13(19)7-14(20)9-16/h3-9,11,21H,10H2,1-2H3,(H,22,25)(H,23,24). The summed E-state index contributed by atoms with van der Waals surface area (Å²) in [5.41, 5.74) is 1.69. The van der Waals surface area contributed by atoms with Crippen LogP contribution in [0, 0.1) is 0 Å². The third-order valence-corrected chi connectivity index (χ3v) is 3.58. The van der Waals surface area contributed by atoms with Gasteiger partial charge in [-0.25, -0.2) is 0 Å². The van der Waals surface area contributed by atoms with E-state index in [-0.39, 0.29) is 24.4 Å². The molecule has 0 saturated heterocycles. The molecule has 0 atom stereocenters. The van der Waals surface area contributed by atoms with Crippen molar-refractivity contribution in [3.05, 3.63) is 58.1 Å². The van der Waals surface area contributed by atoms with Gasteiger partial charge in [0.05, 0.1) is 6.54 Å². The molecule has 2 amide bonds. The summed E-state index contributed by atoms with van der Waals surface area (Å²) >= 11 is 11.8. The molecule has 0 spiro atoms. The van der Waals surface area contributed by atoms with E-state index in [1.165, 1.54) is 0 Å². The van der Waals surface area contributed by atoms with Gasteiger partial charge in [0.25, 0.3) is 5.91 Å². The maximum Gasteiger partial charge on any atom is 0.251 e. The Hall–Kier alpha value is -2.24. The summed E-state index contributed by atoms with van der Waals surface area (Å²) in [4.78, 5) is 24.1. The van der Waals surface area contributed by atoms with E-state index in [1.807, 2.05) is 13.8 Å². The number of carbonyl (C=O) groups is 2. The third kappa shape index (κ3) is 6.29. The van der Waals surface area contributed by atoms with Gasteiger partial charge in [0, 0.05) is 33.0 Å². The predicted octanol–water partition coefficient (Wildman–Crippen LogP) is 4.18.